The van der Waals surface area contributed by atoms with Gasteiger partial charge in [-0.25, -0.2) is 0 Å². The zero-order chi connectivity index (χ0) is 16.8. The molecule has 23 heavy (non-hydrogen) atoms. The molecule has 0 aliphatic rings. The highest BCUT2D eigenvalue weighted by Gasteiger charge is 2.33. The first-order valence-corrected chi connectivity index (χ1v) is 7.81. The maximum atomic E-state index is 12.4. The molecule has 0 aliphatic carbocycles. The monoisotopic (exact) mass is 341 g/mol. The van der Waals surface area contributed by atoms with E-state index in [4.69, 9.17) is 5.73 Å². The number of carbonyl (C=O) groups is 2. The van der Waals surface area contributed by atoms with Gasteiger partial charge in [0.05, 0.1) is 5.41 Å². The van der Waals surface area contributed by atoms with Crippen LogP contribution in [0.2, 0.25) is 0 Å². The molecule has 0 radical (unpaired) electrons. The van der Waals surface area contributed by atoms with E-state index in [1.54, 1.807) is 24.3 Å². The average molecular weight is 342 g/mol. The predicted octanol–water partition coefficient (Wildman–Crippen LogP) is 2.95. The normalized spacial score (nSPS) is 10.9. The molecular weight excluding hydrogens is 314 g/mol. The first-order valence-electron chi connectivity index (χ1n) is 7.81. The van der Waals surface area contributed by atoms with Gasteiger partial charge in [0.1, 0.15) is 0 Å². The SMILES string of the molecule is CCC(CC)(CN)C(=O)Nc1ccc(C(=O)NC(C)C)cc1.Cl. The molecule has 130 valence electrons. The van der Waals surface area contributed by atoms with E-state index in [0.717, 1.165) is 0 Å². The molecule has 0 heterocycles. The molecule has 0 fully saturated rings. The van der Waals surface area contributed by atoms with Gasteiger partial charge in [0.15, 0.2) is 0 Å². The number of benzene rings is 1. The highest BCUT2D eigenvalue weighted by Crippen LogP contribution is 2.27. The number of rotatable bonds is 7. The second kappa shape index (κ2) is 9.53. The van der Waals surface area contributed by atoms with Gasteiger partial charge in [0.2, 0.25) is 5.91 Å². The average Bonchev–Trinajstić information content (AvgIpc) is 2.49. The molecule has 5 nitrogen and oxygen atoms in total. The summed E-state index contributed by atoms with van der Waals surface area (Å²) in [5.74, 6) is -0.189. The predicted molar refractivity (Wildman–Crippen MR) is 97.0 cm³/mol. The van der Waals surface area contributed by atoms with E-state index in [-0.39, 0.29) is 30.3 Å². The van der Waals surface area contributed by atoms with E-state index in [1.807, 2.05) is 27.7 Å². The minimum atomic E-state index is -0.534. The molecule has 0 bridgehead atoms. The quantitative estimate of drug-likeness (QED) is 0.712. The molecular formula is C17H28ClN3O2. The van der Waals surface area contributed by atoms with Crippen LogP contribution in [0.15, 0.2) is 24.3 Å². The molecule has 0 atom stereocenters. The number of anilines is 1. The van der Waals surface area contributed by atoms with Crippen molar-refractivity contribution in [2.45, 2.75) is 46.6 Å². The van der Waals surface area contributed by atoms with Gasteiger partial charge >= 0.3 is 0 Å². The summed E-state index contributed by atoms with van der Waals surface area (Å²) in [6, 6.07) is 6.97. The molecule has 1 rings (SSSR count). The first-order chi connectivity index (χ1) is 10.4. The highest BCUT2D eigenvalue weighted by atomic mass is 35.5. The Labute approximate surface area is 144 Å². The van der Waals surface area contributed by atoms with Crippen LogP contribution in [0.25, 0.3) is 0 Å². The molecule has 1 aromatic rings. The third kappa shape index (κ3) is 5.52. The molecule has 0 unspecified atom stereocenters. The maximum absolute atomic E-state index is 12.4. The van der Waals surface area contributed by atoms with Gasteiger partial charge in [-0.1, -0.05) is 13.8 Å². The zero-order valence-corrected chi connectivity index (χ0v) is 15.1. The summed E-state index contributed by atoms with van der Waals surface area (Å²) in [5.41, 5.74) is 6.49. The number of halogens is 1. The third-order valence-corrected chi connectivity index (χ3v) is 4.05. The second-order valence-corrected chi connectivity index (χ2v) is 5.85. The van der Waals surface area contributed by atoms with Crippen LogP contribution < -0.4 is 16.4 Å². The van der Waals surface area contributed by atoms with Crippen LogP contribution >= 0.6 is 12.4 Å². The van der Waals surface area contributed by atoms with E-state index in [9.17, 15) is 9.59 Å². The zero-order valence-electron chi connectivity index (χ0n) is 14.3. The van der Waals surface area contributed by atoms with Crippen molar-refractivity contribution in [2.24, 2.45) is 11.1 Å². The lowest BCUT2D eigenvalue weighted by Crippen LogP contribution is -2.41. The summed E-state index contributed by atoms with van der Waals surface area (Å²) < 4.78 is 0. The van der Waals surface area contributed by atoms with Gasteiger partial charge in [-0.3, -0.25) is 9.59 Å². The van der Waals surface area contributed by atoms with E-state index in [0.29, 0.717) is 30.6 Å². The van der Waals surface area contributed by atoms with Crippen molar-refractivity contribution in [1.29, 1.82) is 0 Å². The van der Waals surface area contributed by atoms with Crippen LogP contribution in [0.1, 0.15) is 50.9 Å². The Morgan fingerprint density at radius 2 is 1.65 bits per heavy atom. The number of hydrogen-bond donors (Lipinski definition) is 3. The van der Waals surface area contributed by atoms with E-state index in [1.165, 1.54) is 0 Å². The van der Waals surface area contributed by atoms with Crippen molar-refractivity contribution in [1.82, 2.24) is 5.32 Å². The topological polar surface area (TPSA) is 84.2 Å². The number of nitrogens with one attached hydrogen (secondary N) is 2. The fourth-order valence-electron chi connectivity index (χ4n) is 2.27. The van der Waals surface area contributed by atoms with Crippen molar-refractivity contribution < 1.29 is 9.59 Å². The number of nitrogens with two attached hydrogens (primary N) is 1. The third-order valence-electron chi connectivity index (χ3n) is 4.05. The molecule has 2 amide bonds. The summed E-state index contributed by atoms with van der Waals surface area (Å²) >= 11 is 0. The van der Waals surface area contributed by atoms with Gasteiger partial charge < -0.3 is 16.4 Å². The van der Waals surface area contributed by atoms with Crippen LogP contribution in [-0.2, 0) is 4.79 Å². The number of amides is 2. The van der Waals surface area contributed by atoms with Crippen LogP contribution in [0.5, 0.6) is 0 Å². The summed E-state index contributed by atoms with van der Waals surface area (Å²) in [6.07, 6.45) is 1.39. The van der Waals surface area contributed by atoms with Gasteiger partial charge in [-0.05, 0) is 51.0 Å². The fourth-order valence-corrected chi connectivity index (χ4v) is 2.27. The maximum Gasteiger partial charge on any atom is 0.251 e. The second-order valence-electron chi connectivity index (χ2n) is 5.85. The molecule has 0 aliphatic heterocycles. The van der Waals surface area contributed by atoms with Crippen molar-refractivity contribution in [3.63, 3.8) is 0 Å². The van der Waals surface area contributed by atoms with Gasteiger partial charge in [0.25, 0.3) is 5.91 Å². The van der Waals surface area contributed by atoms with E-state index < -0.39 is 5.41 Å². The lowest BCUT2D eigenvalue weighted by atomic mass is 9.81. The molecule has 4 N–H and O–H groups in total. The molecule has 0 spiro atoms. The lowest BCUT2D eigenvalue weighted by Gasteiger charge is -2.28. The Kier molecular flexibility index (Phi) is 8.87. The van der Waals surface area contributed by atoms with Crippen molar-refractivity contribution in [3.05, 3.63) is 29.8 Å². The van der Waals surface area contributed by atoms with E-state index >= 15 is 0 Å². The largest absolute Gasteiger partial charge is 0.350 e. The smallest absolute Gasteiger partial charge is 0.251 e. The van der Waals surface area contributed by atoms with E-state index in [2.05, 4.69) is 10.6 Å². The minimum absolute atomic E-state index is 0. The van der Waals surface area contributed by atoms with Gasteiger partial charge in [-0.2, -0.15) is 0 Å². The Hall–Kier alpha value is -1.59. The van der Waals surface area contributed by atoms with Crippen molar-refractivity contribution in [3.8, 4) is 0 Å². The molecule has 0 saturated carbocycles. The molecule has 0 aromatic heterocycles. The van der Waals surface area contributed by atoms with Crippen LogP contribution in [0, 0.1) is 5.41 Å². The van der Waals surface area contributed by atoms with Gasteiger partial charge in [0, 0.05) is 23.8 Å². The Morgan fingerprint density at radius 1 is 1.13 bits per heavy atom. The Balaban J connectivity index is 0.00000484. The van der Waals surface area contributed by atoms with Crippen LogP contribution in [0.4, 0.5) is 5.69 Å². The highest BCUT2D eigenvalue weighted by molar-refractivity contribution is 5.97. The molecule has 1 aromatic carbocycles. The van der Waals surface area contributed by atoms with Crippen molar-refractivity contribution in [2.75, 3.05) is 11.9 Å². The summed E-state index contributed by atoms with van der Waals surface area (Å²) in [6.45, 7) is 8.08. The minimum Gasteiger partial charge on any atom is -0.350 e. The number of carbonyl (C=O) groups excluding carboxylic acids is 2. The molecule has 0 saturated heterocycles. The lowest BCUT2D eigenvalue weighted by molar-refractivity contribution is -0.125. The van der Waals surface area contributed by atoms with Crippen LogP contribution in [0.3, 0.4) is 0 Å². The molecule has 6 heteroatoms. The van der Waals surface area contributed by atoms with Crippen molar-refractivity contribution >= 4 is 29.9 Å². The first kappa shape index (κ1) is 21.4. The Bertz CT molecular complexity index is 503. The fraction of sp³-hybridized carbons (Fsp3) is 0.529. The summed E-state index contributed by atoms with van der Waals surface area (Å²) in [4.78, 5) is 24.3. The van der Waals surface area contributed by atoms with Crippen LogP contribution in [-0.4, -0.2) is 24.4 Å². The standard InChI is InChI=1S/C17H27N3O2.ClH/c1-5-17(6-2,11-18)16(22)20-14-9-7-13(8-10-14)15(21)19-12(3)4;/h7-10,12H,5-6,11,18H2,1-4H3,(H,19,21)(H,20,22);1H. The number of hydrogen-bond acceptors (Lipinski definition) is 3. The Morgan fingerprint density at radius 3 is 2.04 bits per heavy atom. The summed E-state index contributed by atoms with van der Waals surface area (Å²) in [5, 5.41) is 5.72. The summed E-state index contributed by atoms with van der Waals surface area (Å²) in [7, 11) is 0. The van der Waals surface area contributed by atoms with Gasteiger partial charge in [-0.15, -0.1) is 12.4 Å².